The highest BCUT2D eigenvalue weighted by atomic mass is 16.2. The predicted molar refractivity (Wildman–Crippen MR) is 72.0 cm³/mol. The molecule has 0 heterocycles. The van der Waals surface area contributed by atoms with Crippen molar-refractivity contribution in [2.45, 2.75) is 20.8 Å². The normalized spacial score (nSPS) is 11.4. The van der Waals surface area contributed by atoms with Gasteiger partial charge in [-0.1, -0.05) is 6.08 Å². The van der Waals surface area contributed by atoms with Gasteiger partial charge in [0.25, 0.3) is 5.91 Å². The fraction of sp³-hybridized carbons (Fsp3) is 0.231. The van der Waals surface area contributed by atoms with E-state index in [0.717, 1.165) is 11.1 Å². The van der Waals surface area contributed by atoms with Crippen LogP contribution in [0.15, 0.2) is 17.7 Å². The molecule has 0 aliphatic carbocycles. The van der Waals surface area contributed by atoms with Crippen molar-refractivity contribution in [1.82, 2.24) is 0 Å². The summed E-state index contributed by atoms with van der Waals surface area (Å²) in [6.45, 7) is 5.16. The minimum Gasteiger partial charge on any atom is -0.398 e. The average molecular weight is 247 g/mol. The molecule has 1 aromatic carbocycles. The first-order chi connectivity index (χ1) is 8.31. The number of benzene rings is 1. The molecule has 0 saturated heterocycles. The van der Waals surface area contributed by atoms with Gasteiger partial charge in [-0.3, -0.25) is 9.59 Å². The van der Waals surface area contributed by atoms with Crippen molar-refractivity contribution in [2.24, 2.45) is 5.73 Å². The molecule has 6 N–H and O–H groups in total. The summed E-state index contributed by atoms with van der Waals surface area (Å²) in [5, 5.41) is 0. The van der Waals surface area contributed by atoms with Gasteiger partial charge in [0.05, 0.1) is 5.57 Å². The number of primary amides is 1. The van der Waals surface area contributed by atoms with Crippen molar-refractivity contribution in [2.75, 3.05) is 11.5 Å². The molecule has 5 heteroatoms. The quantitative estimate of drug-likeness (QED) is 0.244. The molecular weight excluding hydrogens is 230 g/mol. The van der Waals surface area contributed by atoms with Crippen molar-refractivity contribution in [1.29, 1.82) is 0 Å². The number of allylic oxidation sites excluding steroid dienone is 1. The first kappa shape index (κ1) is 13.8. The van der Waals surface area contributed by atoms with E-state index < -0.39 is 11.7 Å². The molecule has 0 radical (unpaired) electrons. The largest absolute Gasteiger partial charge is 0.398 e. The van der Waals surface area contributed by atoms with Gasteiger partial charge >= 0.3 is 0 Å². The third-order valence-corrected chi connectivity index (χ3v) is 3.03. The number of nitrogen functional groups attached to an aromatic ring is 2. The number of carbonyl (C=O) groups is 2. The molecule has 0 fully saturated rings. The first-order valence-corrected chi connectivity index (χ1v) is 5.47. The molecule has 1 aromatic rings. The number of ketones is 1. The summed E-state index contributed by atoms with van der Waals surface area (Å²) in [5.74, 6) is -1.28. The zero-order chi connectivity index (χ0) is 14.0. The molecule has 0 aromatic heterocycles. The van der Waals surface area contributed by atoms with E-state index in [1.165, 1.54) is 12.1 Å². The van der Waals surface area contributed by atoms with Crippen LogP contribution < -0.4 is 17.2 Å². The molecule has 1 rings (SSSR count). The Balaban J connectivity index is 3.44. The van der Waals surface area contributed by atoms with Gasteiger partial charge in [0.2, 0.25) is 0 Å². The van der Waals surface area contributed by atoms with Gasteiger partial charge in [0.1, 0.15) is 0 Å². The van der Waals surface area contributed by atoms with Gasteiger partial charge < -0.3 is 17.2 Å². The molecule has 18 heavy (non-hydrogen) atoms. The second kappa shape index (κ2) is 4.91. The number of hydrogen-bond acceptors (Lipinski definition) is 4. The van der Waals surface area contributed by atoms with Crippen LogP contribution in [0.3, 0.4) is 0 Å². The highest BCUT2D eigenvalue weighted by Gasteiger charge is 2.21. The second-order valence-electron chi connectivity index (χ2n) is 4.07. The Labute approximate surface area is 106 Å². The van der Waals surface area contributed by atoms with Crippen LogP contribution in [0.5, 0.6) is 0 Å². The molecule has 0 aliphatic rings. The smallest absolute Gasteiger partial charge is 0.252 e. The SMILES string of the molecule is C/C=C(/C(N)=O)C(=O)c1cc(N)c(C)c(C)c1N. The van der Waals surface area contributed by atoms with Crippen LogP contribution in [-0.2, 0) is 4.79 Å². The Hall–Kier alpha value is -2.30. The Morgan fingerprint density at radius 2 is 1.72 bits per heavy atom. The first-order valence-electron chi connectivity index (χ1n) is 5.47. The van der Waals surface area contributed by atoms with Crippen molar-refractivity contribution in [3.8, 4) is 0 Å². The van der Waals surface area contributed by atoms with Crippen LogP contribution in [0.25, 0.3) is 0 Å². The second-order valence-corrected chi connectivity index (χ2v) is 4.07. The van der Waals surface area contributed by atoms with Crippen LogP contribution in [0.2, 0.25) is 0 Å². The number of Topliss-reactive ketones (excluding diaryl/α,β-unsaturated/α-hetero) is 1. The van der Waals surface area contributed by atoms with Crippen LogP contribution in [0.4, 0.5) is 11.4 Å². The van der Waals surface area contributed by atoms with Gasteiger partial charge in [-0.15, -0.1) is 0 Å². The van der Waals surface area contributed by atoms with E-state index in [2.05, 4.69) is 0 Å². The lowest BCUT2D eigenvalue weighted by Gasteiger charge is -2.13. The van der Waals surface area contributed by atoms with Crippen LogP contribution in [0.1, 0.15) is 28.4 Å². The zero-order valence-electron chi connectivity index (χ0n) is 10.7. The predicted octanol–water partition coefficient (Wildman–Crippen LogP) is 1.08. The summed E-state index contributed by atoms with van der Waals surface area (Å²) in [6.07, 6.45) is 1.37. The fourth-order valence-corrected chi connectivity index (χ4v) is 1.68. The number of carbonyl (C=O) groups excluding carboxylic acids is 2. The lowest BCUT2D eigenvalue weighted by molar-refractivity contribution is -0.114. The maximum Gasteiger partial charge on any atom is 0.252 e. The summed E-state index contributed by atoms with van der Waals surface area (Å²) < 4.78 is 0. The Kier molecular flexibility index (Phi) is 3.76. The van der Waals surface area contributed by atoms with Crippen molar-refractivity contribution >= 4 is 23.1 Å². The Morgan fingerprint density at radius 3 is 2.17 bits per heavy atom. The molecule has 0 aliphatic heterocycles. The van der Waals surface area contributed by atoms with Gasteiger partial charge in [0.15, 0.2) is 5.78 Å². The van der Waals surface area contributed by atoms with E-state index in [-0.39, 0.29) is 11.1 Å². The fourth-order valence-electron chi connectivity index (χ4n) is 1.68. The maximum absolute atomic E-state index is 12.1. The number of amides is 1. The summed E-state index contributed by atoms with van der Waals surface area (Å²) in [4.78, 5) is 23.3. The van der Waals surface area contributed by atoms with Crippen molar-refractivity contribution in [3.05, 3.63) is 34.4 Å². The van der Waals surface area contributed by atoms with Crippen molar-refractivity contribution < 1.29 is 9.59 Å². The third kappa shape index (κ3) is 2.20. The molecule has 96 valence electrons. The molecular formula is C13H17N3O2. The average Bonchev–Trinajstić information content (AvgIpc) is 2.31. The monoisotopic (exact) mass is 247 g/mol. The number of rotatable bonds is 3. The lowest BCUT2D eigenvalue weighted by Crippen LogP contribution is -2.22. The molecule has 1 amide bonds. The van der Waals surface area contributed by atoms with E-state index >= 15 is 0 Å². The summed E-state index contributed by atoms with van der Waals surface area (Å²) in [5.41, 5.74) is 19.3. The summed E-state index contributed by atoms with van der Waals surface area (Å²) in [7, 11) is 0. The van der Waals surface area contributed by atoms with E-state index in [1.807, 2.05) is 6.92 Å². The molecule has 0 bridgehead atoms. The lowest BCUT2D eigenvalue weighted by atomic mass is 9.95. The summed E-state index contributed by atoms with van der Waals surface area (Å²) >= 11 is 0. The number of hydrogen-bond donors (Lipinski definition) is 3. The minimum absolute atomic E-state index is 0.0932. The van der Waals surface area contributed by atoms with Crippen molar-refractivity contribution in [3.63, 3.8) is 0 Å². The maximum atomic E-state index is 12.1. The molecule has 5 nitrogen and oxygen atoms in total. The Morgan fingerprint density at radius 1 is 1.17 bits per heavy atom. The zero-order valence-corrected chi connectivity index (χ0v) is 10.7. The van der Waals surface area contributed by atoms with Crippen LogP contribution >= 0.6 is 0 Å². The molecule has 0 saturated carbocycles. The highest BCUT2D eigenvalue weighted by Crippen LogP contribution is 2.27. The van der Waals surface area contributed by atoms with E-state index in [4.69, 9.17) is 17.2 Å². The number of anilines is 2. The van der Waals surface area contributed by atoms with E-state index in [9.17, 15) is 9.59 Å². The van der Waals surface area contributed by atoms with Crippen LogP contribution in [0, 0.1) is 13.8 Å². The summed E-state index contributed by atoms with van der Waals surface area (Å²) in [6, 6.07) is 1.48. The molecule has 0 unspecified atom stereocenters. The van der Waals surface area contributed by atoms with Gasteiger partial charge in [0, 0.05) is 16.9 Å². The number of nitrogens with two attached hydrogens (primary N) is 3. The van der Waals surface area contributed by atoms with E-state index in [0.29, 0.717) is 11.4 Å². The highest BCUT2D eigenvalue weighted by molar-refractivity contribution is 6.27. The minimum atomic E-state index is -0.779. The topological polar surface area (TPSA) is 112 Å². The molecule has 0 atom stereocenters. The third-order valence-electron chi connectivity index (χ3n) is 3.03. The van der Waals surface area contributed by atoms with Gasteiger partial charge in [-0.05, 0) is 38.0 Å². The molecule has 0 spiro atoms. The van der Waals surface area contributed by atoms with E-state index in [1.54, 1.807) is 13.8 Å². The Bertz CT molecular complexity index is 560. The van der Waals surface area contributed by atoms with Gasteiger partial charge in [-0.2, -0.15) is 0 Å². The van der Waals surface area contributed by atoms with Crippen LogP contribution in [-0.4, -0.2) is 11.7 Å². The standard InChI is InChI=1S/C13H17N3O2/c1-4-8(13(16)18)12(17)9-5-10(14)6(2)7(3)11(9)15/h4-5H,14-15H2,1-3H3,(H2,16,18)/b8-4+. The van der Waals surface area contributed by atoms with Gasteiger partial charge in [-0.25, -0.2) is 0 Å².